The van der Waals surface area contributed by atoms with Gasteiger partial charge in [0.05, 0.1) is 5.69 Å². The lowest BCUT2D eigenvalue weighted by Gasteiger charge is -2.07. The van der Waals surface area contributed by atoms with Crippen LogP contribution in [-0.4, -0.2) is 12.2 Å². The molecule has 0 aromatic heterocycles. The number of hydrogen-bond donors (Lipinski definition) is 2. The molecule has 0 saturated carbocycles. The Kier molecular flexibility index (Phi) is 5.51. The predicted molar refractivity (Wildman–Crippen MR) is 95.0 cm³/mol. The molecule has 0 heterocycles. The lowest BCUT2D eigenvalue weighted by molar-refractivity contribution is 1.40. The first-order valence-corrected chi connectivity index (χ1v) is 8.60. The summed E-state index contributed by atoms with van der Waals surface area (Å²) in [7, 11) is 0. The highest BCUT2D eigenvalue weighted by Gasteiger charge is 2.02. The first-order chi connectivity index (χ1) is 9.58. The highest BCUT2D eigenvalue weighted by Crippen LogP contribution is 2.28. The van der Waals surface area contributed by atoms with Crippen LogP contribution in [0.4, 0.5) is 11.4 Å². The number of halogens is 2. The fourth-order valence-corrected chi connectivity index (χ4v) is 2.72. The number of thioether (sulfide) groups is 1. The molecule has 0 amide bonds. The molecule has 0 fully saturated rings. The lowest BCUT2D eigenvalue weighted by Crippen LogP contribution is -2.21. The number of rotatable bonds is 3. The molecule has 0 aliphatic heterocycles. The van der Waals surface area contributed by atoms with Gasteiger partial charge in [0.1, 0.15) is 0 Å². The molecular formula is C14H13Br2N3S. The van der Waals surface area contributed by atoms with Gasteiger partial charge in [0, 0.05) is 19.5 Å². The van der Waals surface area contributed by atoms with E-state index in [-0.39, 0.29) is 0 Å². The van der Waals surface area contributed by atoms with Crippen molar-refractivity contribution in [3.05, 3.63) is 51.4 Å². The molecule has 2 aromatic carbocycles. The van der Waals surface area contributed by atoms with Crippen LogP contribution in [0.1, 0.15) is 0 Å². The van der Waals surface area contributed by atoms with Gasteiger partial charge in [-0.3, -0.25) is 0 Å². The Morgan fingerprint density at radius 2 is 2.00 bits per heavy atom. The number of aliphatic imine (C=N–C) groups is 1. The van der Waals surface area contributed by atoms with Crippen molar-refractivity contribution in [1.29, 1.82) is 0 Å². The Morgan fingerprint density at radius 3 is 2.75 bits per heavy atom. The number of nitrogens with one attached hydrogen (secondary N) is 1. The fourth-order valence-electron chi connectivity index (χ4n) is 1.58. The highest BCUT2D eigenvalue weighted by atomic mass is 79.9. The molecule has 2 aromatic rings. The highest BCUT2D eigenvalue weighted by molar-refractivity contribution is 9.11. The summed E-state index contributed by atoms with van der Waals surface area (Å²) in [5.41, 5.74) is 7.63. The Labute approximate surface area is 139 Å². The van der Waals surface area contributed by atoms with Crippen LogP contribution in [0.3, 0.4) is 0 Å². The Hall–Kier alpha value is -0.980. The van der Waals surface area contributed by atoms with Crippen molar-refractivity contribution in [2.75, 3.05) is 11.6 Å². The minimum absolute atomic E-state index is 0.349. The van der Waals surface area contributed by atoms with Gasteiger partial charge in [-0.1, -0.05) is 22.0 Å². The maximum atomic E-state index is 5.94. The van der Waals surface area contributed by atoms with E-state index in [9.17, 15) is 0 Å². The average molecular weight is 415 g/mol. The molecule has 3 N–H and O–H groups in total. The van der Waals surface area contributed by atoms with Crippen LogP contribution < -0.4 is 11.1 Å². The third-order valence-corrected chi connectivity index (χ3v) is 4.38. The third-order valence-electron chi connectivity index (χ3n) is 2.49. The summed E-state index contributed by atoms with van der Waals surface area (Å²) in [5.74, 6) is 0.349. The molecule has 0 atom stereocenters. The zero-order valence-electron chi connectivity index (χ0n) is 10.7. The van der Waals surface area contributed by atoms with E-state index in [4.69, 9.17) is 5.73 Å². The fraction of sp³-hybridized carbons (Fsp3) is 0.0714. The molecule has 104 valence electrons. The molecule has 0 aliphatic rings. The van der Waals surface area contributed by atoms with Crippen molar-refractivity contribution in [3.8, 4) is 0 Å². The zero-order chi connectivity index (χ0) is 14.5. The lowest BCUT2D eigenvalue weighted by atomic mass is 10.3. The largest absolute Gasteiger partial charge is 0.369 e. The summed E-state index contributed by atoms with van der Waals surface area (Å²) >= 11 is 8.55. The first kappa shape index (κ1) is 15.4. The van der Waals surface area contributed by atoms with E-state index in [0.717, 1.165) is 20.3 Å². The van der Waals surface area contributed by atoms with Crippen molar-refractivity contribution in [2.45, 2.75) is 4.90 Å². The van der Waals surface area contributed by atoms with Gasteiger partial charge in [-0.15, -0.1) is 11.8 Å². The molecule has 0 unspecified atom stereocenters. The molecular weight excluding hydrogens is 402 g/mol. The predicted octanol–water partition coefficient (Wildman–Crippen LogP) is 4.99. The van der Waals surface area contributed by atoms with E-state index in [2.05, 4.69) is 42.2 Å². The summed E-state index contributed by atoms with van der Waals surface area (Å²) in [4.78, 5) is 5.54. The maximum absolute atomic E-state index is 5.94. The van der Waals surface area contributed by atoms with Gasteiger partial charge >= 0.3 is 0 Å². The van der Waals surface area contributed by atoms with Gasteiger partial charge < -0.3 is 11.1 Å². The number of benzene rings is 2. The van der Waals surface area contributed by atoms with Gasteiger partial charge in [-0.25, -0.2) is 4.99 Å². The Morgan fingerprint density at radius 1 is 1.20 bits per heavy atom. The summed E-state index contributed by atoms with van der Waals surface area (Å²) in [6.07, 6.45) is 2.04. The molecule has 0 aliphatic carbocycles. The van der Waals surface area contributed by atoms with Crippen molar-refractivity contribution in [3.63, 3.8) is 0 Å². The SMILES string of the molecule is CSc1cccc(NC(N)=Nc2cc(Br)ccc2Br)c1. The number of anilines is 1. The van der Waals surface area contributed by atoms with Gasteiger partial charge in [0.25, 0.3) is 0 Å². The molecule has 0 spiro atoms. The molecule has 0 radical (unpaired) electrons. The quantitative estimate of drug-likeness (QED) is 0.422. The monoisotopic (exact) mass is 413 g/mol. The smallest absolute Gasteiger partial charge is 0.198 e. The van der Waals surface area contributed by atoms with Crippen molar-refractivity contribution >= 4 is 61.0 Å². The summed E-state index contributed by atoms with van der Waals surface area (Å²) in [6, 6.07) is 13.8. The van der Waals surface area contributed by atoms with E-state index in [1.54, 1.807) is 11.8 Å². The van der Waals surface area contributed by atoms with Crippen LogP contribution in [0.2, 0.25) is 0 Å². The number of hydrogen-bond acceptors (Lipinski definition) is 2. The molecule has 6 heteroatoms. The second-order valence-corrected chi connectivity index (χ2v) is 6.60. The van der Waals surface area contributed by atoms with Gasteiger partial charge in [-0.05, 0) is 58.6 Å². The van der Waals surface area contributed by atoms with Crippen LogP contribution >= 0.6 is 43.6 Å². The van der Waals surface area contributed by atoms with Crippen LogP contribution in [0.5, 0.6) is 0 Å². The van der Waals surface area contributed by atoms with Crippen LogP contribution in [0.15, 0.2) is 61.3 Å². The topological polar surface area (TPSA) is 50.4 Å². The van der Waals surface area contributed by atoms with Gasteiger partial charge in [-0.2, -0.15) is 0 Å². The molecule has 3 nitrogen and oxygen atoms in total. The van der Waals surface area contributed by atoms with Crippen LogP contribution in [0.25, 0.3) is 0 Å². The second-order valence-electron chi connectivity index (χ2n) is 3.95. The molecule has 20 heavy (non-hydrogen) atoms. The minimum Gasteiger partial charge on any atom is -0.369 e. The molecule has 0 bridgehead atoms. The van der Waals surface area contributed by atoms with E-state index in [0.29, 0.717) is 5.96 Å². The molecule has 0 saturated heterocycles. The third kappa shape index (κ3) is 4.26. The number of nitrogens with two attached hydrogens (primary N) is 1. The number of guanidine groups is 1. The van der Waals surface area contributed by atoms with Gasteiger partial charge in [0.15, 0.2) is 5.96 Å². The van der Waals surface area contributed by atoms with Crippen LogP contribution in [0, 0.1) is 0 Å². The van der Waals surface area contributed by atoms with E-state index < -0.39 is 0 Å². The summed E-state index contributed by atoms with van der Waals surface area (Å²) in [6.45, 7) is 0. The Bertz CT molecular complexity index is 644. The second kappa shape index (κ2) is 7.15. The van der Waals surface area contributed by atoms with E-state index in [1.165, 1.54) is 4.90 Å². The van der Waals surface area contributed by atoms with Crippen molar-refractivity contribution < 1.29 is 0 Å². The maximum Gasteiger partial charge on any atom is 0.198 e. The van der Waals surface area contributed by atoms with E-state index >= 15 is 0 Å². The standard InChI is InChI=1S/C14H13Br2N3S/c1-20-11-4-2-3-10(8-11)18-14(17)19-13-7-9(15)5-6-12(13)16/h2-8H,1H3,(H3,17,18,19). The average Bonchev–Trinajstić information content (AvgIpc) is 2.43. The first-order valence-electron chi connectivity index (χ1n) is 5.79. The Balaban J connectivity index is 2.20. The molecule has 2 rings (SSSR count). The van der Waals surface area contributed by atoms with Gasteiger partial charge in [0.2, 0.25) is 0 Å². The van der Waals surface area contributed by atoms with Crippen molar-refractivity contribution in [1.82, 2.24) is 0 Å². The summed E-state index contributed by atoms with van der Waals surface area (Å²) in [5, 5.41) is 3.09. The minimum atomic E-state index is 0.349. The normalized spacial score (nSPS) is 11.4. The summed E-state index contributed by atoms with van der Waals surface area (Å²) < 4.78 is 1.85. The van der Waals surface area contributed by atoms with E-state index in [1.807, 2.05) is 48.7 Å². The van der Waals surface area contributed by atoms with Crippen LogP contribution in [-0.2, 0) is 0 Å². The number of nitrogens with zero attached hydrogens (tertiary/aromatic N) is 1. The zero-order valence-corrected chi connectivity index (χ0v) is 14.7. The van der Waals surface area contributed by atoms with Crippen molar-refractivity contribution in [2.24, 2.45) is 10.7 Å².